The van der Waals surface area contributed by atoms with Gasteiger partial charge in [-0.05, 0) is 24.6 Å². The fourth-order valence-corrected chi connectivity index (χ4v) is 2.48. The normalized spacial score (nSPS) is 14.8. The highest BCUT2D eigenvalue weighted by molar-refractivity contribution is 9.10. The van der Waals surface area contributed by atoms with Crippen LogP contribution in [0.15, 0.2) is 22.7 Å². The van der Waals surface area contributed by atoms with Crippen molar-refractivity contribution in [3.05, 3.63) is 33.3 Å². The summed E-state index contributed by atoms with van der Waals surface area (Å²) in [5.74, 6) is -0.352. The maximum absolute atomic E-state index is 11.8. The lowest BCUT2D eigenvalue weighted by Gasteiger charge is -2.15. The molecule has 1 aliphatic heterocycles. The molecule has 1 aliphatic rings. The Morgan fingerprint density at radius 1 is 1.47 bits per heavy atom. The molecule has 2 rings (SSSR count). The number of ether oxygens (including phenoxy) is 1. The van der Waals surface area contributed by atoms with Crippen LogP contribution in [0.5, 0.6) is 0 Å². The van der Waals surface area contributed by atoms with Gasteiger partial charge in [-0.2, -0.15) is 0 Å². The van der Waals surface area contributed by atoms with E-state index in [2.05, 4.69) is 15.9 Å². The van der Waals surface area contributed by atoms with E-state index in [1.165, 1.54) is 0 Å². The van der Waals surface area contributed by atoms with Gasteiger partial charge in [0.15, 0.2) is 0 Å². The van der Waals surface area contributed by atoms with Crippen molar-refractivity contribution in [1.29, 1.82) is 0 Å². The largest absolute Gasteiger partial charge is 0.460 e. The smallest absolute Gasteiger partial charge is 0.339 e. The lowest BCUT2D eigenvalue weighted by atomic mass is 10.2. The van der Waals surface area contributed by atoms with Crippen LogP contribution in [0.4, 0.5) is 0 Å². The minimum atomic E-state index is -0.474. The number of halogens is 2. The summed E-state index contributed by atoms with van der Waals surface area (Å²) in [6, 6.07) is 5.00. The minimum absolute atomic E-state index is 0.122. The van der Waals surface area contributed by atoms with E-state index in [1.54, 1.807) is 23.1 Å². The topological polar surface area (TPSA) is 46.6 Å². The number of carbonyl (C=O) groups is 2. The molecule has 0 saturated carbocycles. The van der Waals surface area contributed by atoms with Gasteiger partial charge in [0.25, 0.3) is 0 Å². The molecule has 1 aromatic carbocycles. The number of rotatable bonds is 4. The molecule has 0 aromatic heterocycles. The van der Waals surface area contributed by atoms with Crippen molar-refractivity contribution < 1.29 is 14.3 Å². The molecule has 0 N–H and O–H groups in total. The van der Waals surface area contributed by atoms with Crippen LogP contribution in [-0.4, -0.2) is 36.5 Å². The van der Waals surface area contributed by atoms with Crippen molar-refractivity contribution in [3.63, 3.8) is 0 Å². The van der Waals surface area contributed by atoms with E-state index in [1.807, 2.05) is 0 Å². The molecule has 6 heteroatoms. The Labute approximate surface area is 124 Å². The average molecular weight is 347 g/mol. The van der Waals surface area contributed by atoms with E-state index in [9.17, 15) is 9.59 Å². The molecular formula is C13H13BrClNO3. The van der Waals surface area contributed by atoms with Crippen molar-refractivity contribution in [1.82, 2.24) is 4.90 Å². The first-order valence-electron chi connectivity index (χ1n) is 5.98. The van der Waals surface area contributed by atoms with Gasteiger partial charge in [-0.15, -0.1) is 0 Å². The average Bonchev–Trinajstić information content (AvgIpc) is 2.78. The van der Waals surface area contributed by atoms with Crippen LogP contribution in [0.1, 0.15) is 23.2 Å². The molecular weight excluding hydrogens is 334 g/mol. The molecule has 102 valence electrons. The van der Waals surface area contributed by atoms with Gasteiger partial charge in [0.1, 0.15) is 6.61 Å². The maximum Gasteiger partial charge on any atom is 0.339 e. The number of nitrogens with zero attached hydrogens (tertiary/aromatic N) is 1. The monoisotopic (exact) mass is 345 g/mol. The van der Waals surface area contributed by atoms with E-state index in [0.29, 0.717) is 23.6 Å². The lowest BCUT2D eigenvalue weighted by Crippen LogP contribution is -2.29. The Kier molecular flexibility index (Phi) is 4.82. The molecule has 0 atom stereocenters. The summed E-state index contributed by atoms with van der Waals surface area (Å²) in [7, 11) is 0. The zero-order valence-corrected chi connectivity index (χ0v) is 12.5. The second kappa shape index (κ2) is 6.39. The molecule has 0 bridgehead atoms. The second-order valence-electron chi connectivity index (χ2n) is 4.24. The van der Waals surface area contributed by atoms with Crippen molar-refractivity contribution in [3.8, 4) is 0 Å². The summed E-state index contributed by atoms with van der Waals surface area (Å²) in [6.45, 7) is 1.37. The Balaban J connectivity index is 1.87. The Hall–Kier alpha value is -1.07. The molecule has 1 aromatic rings. The number of hydrogen-bond donors (Lipinski definition) is 0. The van der Waals surface area contributed by atoms with E-state index in [-0.39, 0.29) is 12.5 Å². The first-order valence-corrected chi connectivity index (χ1v) is 7.15. The summed E-state index contributed by atoms with van der Waals surface area (Å²) < 4.78 is 5.90. The van der Waals surface area contributed by atoms with Crippen LogP contribution in [-0.2, 0) is 9.53 Å². The lowest BCUT2D eigenvalue weighted by molar-refractivity contribution is -0.128. The fraction of sp³-hybridized carbons (Fsp3) is 0.385. The van der Waals surface area contributed by atoms with Crippen molar-refractivity contribution in [2.45, 2.75) is 12.8 Å². The number of amides is 1. The van der Waals surface area contributed by atoms with Gasteiger partial charge in [0.05, 0.1) is 17.1 Å². The van der Waals surface area contributed by atoms with Crippen LogP contribution in [0, 0.1) is 0 Å². The quantitative estimate of drug-likeness (QED) is 0.788. The molecule has 0 aliphatic carbocycles. The zero-order chi connectivity index (χ0) is 13.8. The third-order valence-electron chi connectivity index (χ3n) is 2.91. The highest BCUT2D eigenvalue weighted by Crippen LogP contribution is 2.21. The Bertz CT molecular complexity index is 507. The third kappa shape index (κ3) is 3.70. The van der Waals surface area contributed by atoms with Gasteiger partial charge in [-0.25, -0.2) is 4.79 Å². The van der Waals surface area contributed by atoms with E-state index < -0.39 is 5.97 Å². The SMILES string of the molecule is O=C(OCCN1CCCC1=O)c1cc(Br)ccc1Cl. The predicted octanol–water partition coefficient (Wildman–Crippen LogP) is 2.88. The predicted molar refractivity (Wildman–Crippen MR) is 75.2 cm³/mol. The summed E-state index contributed by atoms with van der Waals surface area (Å²) in [5.41, 5.74) is 0.323. The highest BCUT2D eigenvalue weighted by atomic mass is 79.9. The third-order valence-corrected chi connectivity index (χ3v) is 3.74. The first kappa shape index (κ1) is 14.3. The van der Waals surface area contributed by atoms with Gasteiger partial charge in [0.2, 0.25) is 5.91 Å². The number of carbonyl (C=O) groups excluding carboxylic acids is 2. The fourth-order valence-electron chi connectivity index (χ4n) is 1.92. The van der Waals surface area contributed by atoms with Gasteiger partial charge in [-0.3, -0.25) is 4.79 Å². The Morgan fingerprint density at radius 3 is 2.95 bits per heavy atom. The molecule has 1 heterocycles. The molecule has 1 amide bonds. The van der Waals surface area contributed by atoms with E-state index in [4.69, 9.17) is 16.3 Å². The molecule has 1 saturated heterocycles. The number of benzene rings is 1. The minimum Gasteiger partial charge on any atom is -0.460 e. The molecule has 0 radical (unpaired) electrons. The first-order chi connectivity index (χ1) is 9.08. The van der Waals surface area contributed by atoms with Crippen LogP contribution in [0.2, 0.25) is 5.02 Å². The van der Waals surface area contributed by atoms with Gasteiger partial charge in [0, 0.05) is 17.4 Å². The van der Waals surface area contributed by atoms with Crippen LogP contribution >= 0.6 is 27.5 Å². The second-order valence-corrected chi connectivity index (χ2v) is 5.57. The molecule has 0 spiro atoms. The van der Waals surface area contributed by atoms with Gasteiger partial charge in [-0.1, -0.05) is 27.5 Å². The van der Waals surface area contributed by atoms with E-state index in [0.717, 1.165) is 17.4 Å². The van der Waals surface area contributed by atoms with Crippen LogP contribution < -0.4 is 0 Å². The highest BCUT2D eigenvalue weighted by Gasteiger charge is 2.20. The standard InChI is InChI=1S/C13H13BrClNO3/c14-9-3-4-11(15)10(8-9)13(18)19-7-6-16-5-1-2-12(16)17/h3-4,8H,1-2,5-7H2. The molecule has 4 nitrogen and oxygen atoms in total. The van der Waals surface area contributed by atoms with Crippen molar-refractivity contribution >= 4 is 39.4 Å². The van der Waals surface area contributed by atoms with Crippen molar-refractivity contribution in [2.75, 3.05) is 19.7 Å². The number of hydrogen-bond acceptors (Lipinski definition) is 3. The van der Waals surface area contributed by atoms with Gasteiger partial charge >= 0.3 is 5.97 Å². The van der Waals surface area contributed by atoms with Gasteiger partial charge < -0.3 is 9.64 Å². The van der Waals surface area contributed by atoms with Crippen LogP contribution in [0.25, 0.3) is 0 Å². The van der Waals surface area contributed by atoms with Crippen molar-refractivity contribution in [2.24, 2.45) is 0 Å². The van der Waals surface area contributed by atoms with E-state index >= 15 is 0 Å². The summed E-state index contributed by atoms with van der Waals surface area (Å²) >= 11 is 9.21. The summed E-state index contributed by atoms with van der Waals surface area (Å²) in [4.78, 5) is 24.9. The Morgan fingerprint density at radius 2 is 2.26 bits per heavy atom. The molecule has 1 fully saturated rings. The number of esters is 1. The summed E-state index contributed by atoms with van der Waals surface area (Å²) in [5, 5.41) is 0.352. The maximum atomic E-state index is 11.8. The molecule has 0 unspecified atom stereocenters. The summed E-state index contributed by atoms with van der Waals surface area (Å²) in [6.07, 6.45) is 1.47. The van der Waals surface area contributed by atoms with Crippen LogP contribution in [0.3, 0.4) is 0 Å². The number of likely N-dealkylation sites (tertiary alicyclic amines) is 1. The zero-order valence-electron chi connectivity index (χ0n) is 10.2. The molecule has 19 heavy (non-hydrogen) atoms.